The first-order valence-electron chi connectivity index (χ1n) is 4.61. The van der Waals surface area contributed by atoms with Gasteiger partial charge >= 0.3 is 0 Å². The smallest absolute Gasteiger partial charge is 0.0702 e. The van der Waals surface area contributed by atoms with Crippen LogP contribution in [0.3, 0.4) is 0 Å². The van der Waals surface area contributed by atoms with E-state index in [2.05, 4.69) is 20.9 Å². The first-order chi connectivity index (χ1) is 7.29. The molecule has 76 valence electrons. The molecule has 2 nitrogen and oxygen atoms in total. The molecule has 1 aromatic heterocycles. The van der Waals surface area contributed by atoms with Crippen molar-refractivity contribution in [3.05, 3.63) is 52.6 Å². The van der Waals surface area contributed by atoms with Gasteiger partial charge in [-0.1, -0.05) is 34.1 Å². The monoisotopic (exact) mass is 263 g/mol. The lowest BCUT2D eigenvalue weighted by Crippen LogP contribution is -1.87. The third-order valence-corrected chi connectivity index (χ3v) is 2.62. The van der Waals surface area contributed by atoms with E-state index in [0.717, 1.165) is 21.3 Å². The molecule has 1 N–H and O–H groups in total. The summed E-state index contributed by atoms with van der Waals surface area (Å²) < 4.78 is 1.04. The average Bonchev–Trinajstić information content (AvgIpc) is 2.29. The Morgan fingerprint density at radius 2 is 2.07 bits per heavy atom. The molecule has 0 saturated heterocycles. The fourth-order valence-electron chi connectivity index (χ4n) is 1.34. The Morgan fingerprint density at radius 3 is 2.67 bits per heavy atom. The van der Waals surface area contributed by atoms with Crippen molar-refractivity contribution < 1.29 is 5.11 Å². The minimum absolute atomic E-state index is 0.0335. The molecule has 0 unspecified atom stereocenters. The quantitative estimate of drug-likeness (QED) is 0.904. The first kappa shape index (κ1) is 10.3. The zero-order valence-corrected chi connectivity index (χ0v) is 9.61. The first-order valence-corrected chi connectivity index (χ1v) is 5.40. The van der Waals surface area contributed by atoms with Gasteiger partial charge in [-0.3, -0.25) is 4.98 Å². The van der Waals surface area contributed by atoms with E-state index in [1.807, 2.05) is 36.4 Å². The number of hydrogen-bond acceptors (Lipinski definition) is 2. The van der Waals surface area contributed by atoms with Gasteiger partial charge in [0, 0.05) is 16.2 Å². The van der Waals surface area contributed by atoms with Crippen molar-refractivity contribution in [2.75, 3.05) is 0 Å². The lowest BCUT2D eigenvalue weighted by molar-refractivity contribution is 0.281. The third-order valence-electron chi connectivity index (χ3n) is 2.13. The molecule has 15 heavy (non-hydrogen) atoms. The summed E-state index contributed by atoms with van der Waals surface area (Å²) in [5.41, 5.74) is 2.80. The Bertz CT molecular complexity index is 453. The number of aromatic nitrogens is 1. The SMILES string of the molecule is OCc1ccc(-c2cccc(Br)c2)nc1. The summed E-state index contributed by atoms with van der Waals surface area (Å²) in [6, 6.07) is 11.8. The van der Waals surface area contributed by atoms with Gasteiger partial charge in [-0.2, -0.15) is 0 Å². The Hall–Kier alpha value is -1.19. The zero-order chi connectivity index (χ0) is 10.7. The lowest BCUT2D eigenvalue weighted by atomic mass is 10.1. The Morgan fingerprint density at radius 1 is 1.20 bits per heavy atom. The highest BCUT2D eigenvalue weighted by atomic mass is 79.9. The molecule has 0 radical (unpaired) electrons. The standard InChI is InChI=1S/C12H10BrNO/c13-11-3-1-2-10(6-11)12-5-4-9(8-15)7-14-12/h1-7,15H,8H2. The molecule has 0 saturated carbocycles. The van der Waals surface area contributed by atoms with Gasteiger partial charge in [0.25, 0.3) is 0 Å². The van der Waals surface area contributed by atoms with Crippen LogP contribution < -0.4 is 0 Å². The van der Waals surface area contributed by atoms with Crippen molar-refractivity contribution in [2.24, 2.45) is 0 Å². The van der Waals surface area contributed by atoms with Crippen molar-refractivity contribution >= 4 is 15.9 Å². The molecule has 1 aromatic carbocycles. The number of halogens is 1. The highest BCUT2D eigenvalue weighted by Crippen LogP contribution is 2.21. The molecule has 0 amide bonds. The van der Waals surface area contributed by atoms with Gasteiger partial charge in [-0.15, -0.1) is 0 Å². The van der Waals surface area contributed by atoms with Gasteiger partial charge in [-0.25, -0.2) is 0 Å². The Kier molecular flexibility index (Phi) is 3.14. The van der Waals surface area contributed by atoms with E-state index in [4.69, 9.17) is 5.11 Å². The predicted molar refractivity (Wildman–Crippen MR) is 63.3 cm³/mol. The van der Waals surface area contributed by atoms with Crippen LogP contribution in [0, 0.1) is 0 Å². The van der Waals surface area contributed by atoms with E-state index in [1.165, 1.54) is 0 Å². The van der Waals surface area contributed by atoms with Crippen molar-refractivity contribution in [1.82, 2.24) is 4.98 Å². The number of aliphatic hydroxyl groups is 1. The maximum absolute atomic E-state index is 8.90. The molecular formula is C12H10BrNO. The topological polar surface area (TPSA) is 33.1 Å². The predicted octanol–water partition coefficient (Wildman–Crippen LogP) is 3.00. The molecule has 0 fully saturated rings. The maximum Gasteiger partial charge on any atom is 0.0702 e. The molecule has 0 aliphatic rings. The number of hydrogen-bond donors (Lipinski definition) is 1. The van der Waals surface area contributed by atoms with Crippen LogP contribution in [0.15, 0.2) is 47.1 Å². The molecule has 0 aliphatic carbocycles. The van der Waals surface area contributed by atoms with Crippen LogP contribution in [-0.4, -0.2) is 10.1 Å². The number of nitrogens with zero attached hydrogens (tertiary/aromatic N) is 1. The van der Waals surface area contributed by atoms with E-state index in [0.29, 0.717) is 0 Å². The van der Waals surface area contributed by atoms with E-state index in [9.17, 15) is 0 Å². The van der Waals surface area contributed by atoms with Crippen LogP contribution in [0.1, 0.15) is 5.56 Å². The normalized spacial score (nSPS) is 10.3. The van der Waals surface area contributed by atoms with Crippen LogP contribution in [-0.2, 0) is 6.61 Å². The van der Waals surface area contributed by atoms with Crippen LogP contribution in [0.25, 0.3) is 11.3 Å². The Labute approximate surface area is 96.7 Å². The molecule has 0 bridgehead atoms. The van der Waals surface area contributed by atoms with E-state index in [1.54, 1.807) is 6.20 Å². The largest absolute Gasteiger partial charge is 0.392 e. The lowest BCUT2D eigenvalue weighted by Gasteiger charge is -2.02. The van der Waals surface area contributed by atoms with Crippen molar-refractivity contribution in [1.29, 1.82) is 0 Å². The summed E-state index contributed by atoms with van der Waals surface area (Å²) in [5, 5.41) is 8.90. The minimum Gasteiger partial charge on any atom is -0.392 e. The van der Waals surface area contributed by atoms with Crippen molar-refractivity contribution in [3.8, 4) is 11.3 Å². The summed E-state index contributed by atoms with van der Waals surface area (Å²) in [6.07, 6.45) is 1.69. The molecule has 2 rings (SSSR count). The molecule has 2 aromatic rings. The van der Waals surface area contributed by atoms with Gasteiger partial charge in [0.15, 0.2) is 0 Å². The number of pyridine rings is 1. The second-order valence-electron chi connectivity index (χ2n) is 3.22. The summed E-state index contributed by atoms with van der Waals surface area (Å²) in [4.78, 5) is 4.28. The second kappa shape index (κ2) is 4.55. The Balaban J connectivity index is 2.37. The maximum atomic E-state index is 8.90. The molecule has 0 aliphatic heterocycles. The van der Waals surface area contributed by atoms with Crippen molar-refractivity contribution in [2.45, 2.75) is 6.61 Å². The molecule has 0 spiro atoms. The van der Waals surface area contributed by atoms with Crippen LogP contribution in [0.4, 0.5) is 0 Å². The minimum atomic E-state index is 0.0335. The summed E-state index contributed by atoms with van der Waals surface area (Å²) >= 11 is 3.42. The van der Waals surface area contributed by atoms with Gasteiger partial charge in [0.1, 0.15) is 0 Å². The van der Waals surface area contributed by atoms with Crippen LogP contribution >= 0.6 is 15.9 Å². The van der Waals surface area contributed by atoms with Crippen LogP contribution in [0.5, 0.6) is 0 Å². The van der Waals surface area contributed by atoms with Gasteiger partial charge < -0.3 is 5.11 Å². The molecular weight excluding hydrogens is 254 g/mol. The fraction of sp³-hybridized carbons (Fsp3) is 0.0833. The van der Waals surface area contributed by atoms with E-state index in [-0.39, 0.29) is 6.61 Å². The third kappa shape index (κ3) is 2.43. The van der Waals surface area contributed by atoms with Crippen LogP contribution in [0.2, 0.25) is 0 Å². The highest BCUT2D eigenvalue weighted by molar-refractivity contribution is 9.10. The van der Waals surface area contributed by atoms with E-state index >= 15 is 0 Å². The van der Waals surface area contributed by atoms with E-state index < -0.39 is 0 Å². The molecule has 1 heterocycles. The van der Waals surface area contributed by atoms with Gasteiger partial charge in [-0.05, 0) is 23.8 Å². The van der Waals surface area contributed by atoms with Gasteiger partial charge in [0.05, 0.1) is 12.3 Å². The zero-order valence-electron chi connectivity index (χ0n) is 8.02. The number of rotatable bonds is 2. The molecule has 0 atom stereocenters. The average molecular weight is 264 g/mol. The summed E-state index contributed by atoms with van der Waals surface area (Å²) in [5.74, 6) is 0. The van der Waals surface area contributed by atoms with Crippen molar-refractivity contribution in [3.63, 3.8) is 0 Å². The number of benzene rings is 1. The summed E-state index contributed by atoms with van der Waals surface area (Å²) in [6.45, 7) is 0.0335. The number of aliphatic hydroxyl groups excluding tert-OH is 1. The highest BCUT2D eigenvalue weighted by Gasteiger charge is 1.99. The second-order valence-corrected chi connectivity index (χ2v) is 4.14. The molecule has 3 heteroatoms. The fourth-order valence-corrected chi connectivity index (χ4v) is 1.74. The van der Waals surface area contributed by atoms with Gasteiger partial charge in [0.2, 0.25) is 0 Å². The summed E-state index contributed by atoms with van der Waals surface area (Å²) in [7, 11) is 0.